The highest BCUT2D eigenvalue weighted by Gasteiger charge is 2.16. The molecule has 0 aromatic heterocycles. The Morgan fingerprint density at radius 1 is 1.53 bits per heavy atom. The van der Waals surface area contributed by atoms with Crippen molar-refractivity contribution >= 4 is 5.91 Å². The number of halogens is 1. The zero-order valence-corrected chi connectivity index (χ0v) is 8.09. The summed E-state index contributed by atoms with van der Waals surface area (Å²) in [6.07, 6.45) is 0.738. The second-order valence-corrected chi connectivity index (χ2v) is 3.40. The molecule has 2 rings (SSSR count). The third-order valence-corrected chi connectivity index (χ3v) is 2.23. The number of hydrogen-bond acceptors (Lipinski definition) is 3. The van der Waals surface area contributed by atoms with E-state index >= 15 is 0 Å². The van der Waals surface area contributed by atoms with E-state index in [0.29, 0.717) is 5.56 Å². The van der Waals surface area contributed by atoms with E-state index in [-0.39, 0.29) is 12.1 Å². The van der Waals surface area contributed by atoms with Gasteiger partial charge >= 0.3 is 0 Å². The topological polar surface area (TPSA) is 53.2 Å². The lowest BCUT2D eigenvalue weighted by Gasteiger charge is -2.11. The van der Waals surface area contributed by atoms with Gasteiger partial charge in [0.25, 0.3) is 5.91 Å². The summed E-state index contributed by atoms with van der Waals surface area (Å²) in [7, 11) is 0. The smallest absolute Gasteiger partial charge is 0.252 e. The fourth-order valence-corrected chi connectivity index (χ4v) is 1.46. The molecule has 3 N–H and O–H groups in total. The Hall–Kier alpha value is -1.46. The minimum Gasteiger partial charge on any atom is -0.335 e. The number of carbonyl (C=O) groups is 1. The molecular formula is C10H12FN3O. The fourth-order valence-electron chi connectivity index (χ4n) is 1.46. The molecule has 15 heavy (non-hydrogen) atoms. The average molecular weight is 209 g/mol. The van der Waals surface area contributed by atoms with Gasteiger partial charge < -0.3 is 5.32 Å². The minimum atomic E-state index is -0.403. The molecule has 1 fully saturated rings. The summed E-state index contributed by atoms with van der Waals surface area (Å²) in [5.74, 6) is -0.671. The zero-order valence-electron chi connectivity index (χ0n) is 8.09. The first-order valence-electron chi connectivity index (χ1n) is 4.80. The van der Waals surface area contributed by atoms with Crippen LogP contribution in [-0.4, -0.2) is 18.6 Å². The monoisotopic (exact) mass is 209 g/mol. The molecule has 5 heteroatoms. The third kappa shape index (κ3) is 2.51. The van der Waals surface area contributed by atoms with Crippen LogP contribution >= 0.6 is 0 Å². The molecule has 0 aliphatic carbocycles. The quantitative estimate of drug-likeness (QED) is 0.660. The van der Waals surface area contributed by atoms with Gasteiger partial charge in [-0.05, 0) is 24.6 Å². The number of nitrogens with one attached hydrogen (secondary N) is 3. The molecule has 0 radical (unpaired) electrons. The lowest BCUT2D eigenvalue weighted by molar-refractivity contribution is 0.0932. The first-order valence-corrected chi connectivity index (χ1v) is 4.80. The van der Waals surface area contributed by atoms with Crippen molar-refractivity contribution in [3.05, 3.63) is 35.6 Å². The molecule has 0 spiro atoms. The minimum absolute atomic E-state index is 0.0826. The van der Waals surface area contributed by atoms with Gasteiger partial charge in [-0.15, -0.1) is 0 Å². The first kappa shape index (κ1) is 10.1. The Morgan fingerprint density at radius 2 is 2.40 bits per heavy atom. The van der Waals surface area contributed by atoms with Crippen LogP contribution in [0.2, 0.25) is 0 Å². The summed E-state index contributed by atoms with van der Waals surface area (Å²) in [5.41, 5.74) is 6.13. The van der Waals surface area contributed by atoms with Crippen LogP contribution in [-0.2, 0) is 0 Å². The number of hydrogen-bond donors (Lipinski definition) is 3. The highest BCUT2D eigenvalue weighted by atomic mass is 19.1. The molecule has 1 atom stereocenters. The molecule has 1 saturated heterocycles. The summed E-state index contributed by atoms with van der Waals surface area (Å²) in [6.45, 7) is 0.814. The Kier molecular flexibility index (Phi) is 2.94. The second-order valence-electron chi connectivity index (χ2n) is 3.40. The molecular weight excluding hydrogens is 197 g/mol. The van der Waals surface area contributed by atoms with Gasteiger partial charge in [-0.1, -0.05) is 6.07 Å². The molecule has 1 aromatic rings. The highest BCUT2D eigenvalue weighted by Crippen LogP contribution is 2.04. The van der Waals surface area contributed by atoms with Crippen LogP contribution in [0, 0.1) is 5.82 Å². The number of amides is 1. The van der Waals surface area contributed by atoms with Crippen LogP contribution in [0.25, 0.3) is 0 Å². The molecule has 1 heterocycles. The molecule has 0 bridgehead atoms. The Bertz CT molecular complexity index is 363. The van der Waals surface area contributed by atoms with Gasteiger partial charge in [-0.25, -0.2) is 9.82 Å². The van der Waals surface area contributed by atoms with Gasteiger partial charge in [0.15, 0.2) is 0 Å². The van der Waals surface area contributed by atoms with Gasteiger partial charge in [-0.2, -0.15) is 0 Å². The second kappa shape index (κ2) is 4.37. The van der Waals surface area contributed by atoms with E-state index in [1.54, 1.807) is 6.07 Å². The van der Waals surface area contributed by atoms with Gasteiger partial charge in [-0.3, -0.25) is 10.2 Å². The van der Waals surface area contributed by atoms with E-state index in [2.05, 4.69) is 16.2 Å². The van der Waals surface area contributed by atoms with Crippen LogP contribution in [0.4, 0.5) is 4.39 Å². The third-order valence-electron chi connectivity index (χ3n) is 2.23. The predicted molar refractivity (Wildman–Crippen MR) is 53.4 cm³/mol. The molecule has 1 aliphatic heterocycles. The molecule has 0 saturated carbocycles. The summed E-state index contributed by atoms with van der Waals surface area (Å²) >= 11 is 0. The standard InChI is InChI=1S/C10H12FN3O/c11-8-3-1-2-7(6-8)10(15)13-9-4-5-12-14-9/h1-3,6,9,12,14H,4-5H2,(H,13,15). The first-order chi connectivity index (χ1) is 7.25. The van der Waals surface area contributed by atoms with Crippen LogP contribution < -0.4 is 16.2 Å². The number of benzene rings is 1. The van der Waals surface area contributed by atoms with E-state index in [1.807, 2.05) is 0 Å². The van der Waals surface area contributed by atoms with Crippen LogP contribution in [0.1, 0.15) is 16.8 Å². The molecule has 1 amide bonds. The summed E-state index contributed by atoms with van der Waals surface area (Å²) in [4.78, 5) is 11.6. The van der Waals surface area contributed by atoms with Crippen molar-refractivity contribution in [2.75, 3.05) is 6.54 Å². The van der Waals surface area contributed by atoms with Crippen molar-refractivity contribution in [1.29, 1.82) is 0 Å². The Labute approximate surface area is 86.8 Å². The van der Waals surface area contributed by atoms with Crippen molar-refractivity contribution in [2.24, 2.45) is 0 Å². The SMILES string of the molecule is O=C(NC1CCNN1)c1cccc(F)c1. The van der Waals surface area contributed by atoms with Gasteiger partial charge in [0.05, 0.1) is 6.17 Å². The zero-order chi connectivity index (χ0) is 10.7. The number of hydrazine groups is 1. The number of rotatable bonds is 2. The summed E-state index contributed by atoms with van der Waals surface area (Å²) in [6, 6.07) is 5.63. The largest absolute Gasteiger partial charge is 0.335 e. The average Bonchev–Trinajstić information content (AvgIpc) is 2.70. The predicted octanol–water partition coefficient (Wildman–Crippen LogP) is 0.380. The number of carbonyl (C=O) groups excluding carboxylic acids is 1. The van der Waals surface area contributed by atoms with Crippen molar-refractivity contribution in [1.82, 2.24) is 16.2 Å². The molecule has 1 unspecified atom stereocenters. The van der Waals surface area contributed by atoms with E-state index in [1.165, 1.54) is 18.2 Å². The Balaban J connectivity index is 2.01. The normalized spacial score (nSPS) is 20.2. The van der Waals surface area contributed by atoms with Crippen LogP contribution in [0.15, 0.2) is 24.3 Å². The maximum Gasteiger partial charge on any atom is 0.252 e. The molecule has 4 nitrogen and oxygen atoms in total. The molecule has 80 valence electrons. The molecule has 1 aliphatic rings. The van der Waals surface area contributed by atoms with E-state index in [9.17, 15) is 9.18 Å². The fraction of sp³-hybridized carbons (Fsp3) is 0.300. The van der Waals surface area contributed by atoms with Gasteiger partial charge in [0.2, 0.25) is 0 Å². The van der Waals surface area contributed by atoms with Crippen molar-refractivity contribution < 1.29 is 9.18 Å². The maximum atomic E-state index is 12.8. The lowest BCUT2D eigenvalue weighted by Crippen LogP contribution is -2.44. The lowest BCUT2D eigenvalue weighted by atomic mass is 10.2. The van der Waals surface area contributed by atoms with Crippen LogP contribution in [0.3, 0.4) is 0 Å². The molecule has 1 aromatic carbocycles. The van der Waals surface area contributed by atoms with E-state index in [0.717, 1.165) is 13.0 Å². The van der Waals surface area contributed by atoms with E-state index < -0.39 is 5.82 Å². The Morgan fingerprint density at radius 3 is 3.07 bits per heavy atom. The van der Waals surface area contributed by atoms with Crippen LogP contribution in [0.5, 0.6) is 0 Å². The maximum absolute atomic E-state index is 12.8. The highest BCUT2D eigenvalue weighted by molar-refractivity contribution is 5.94. The van der Waals surface area contributed by atoms with E-state index in [4.69, 9.17) is 0 Å². The van der Waals surface area contributed by atoms with Crippen molar-refractivity contribution in [3.8, 4) is 0 Å². The summed E-state index contributed by atoms with van der Waals surface area (Å²) < 4.78 is 12.8. The van der Waals surface area contributed by atoms with Crippen molar-refractivity contribution in [3.63, 3.8) is 0 Å². The summed E-state index contributed by atoms with van der Waals surface area (Å²) in [5, 5.41) is 2.74. The van der Waals surface area contributed by atoms with Gasteiger partial charge in [0, 0.05) is 12.1 Å². The van der Waals surface area contributed by atoms with Gasteiger partial charge in [0.1, 0.15) is 5.82 Å². The van der Waals surface area contributed by atoms with Crippen molar-refractivity contribution in [2.45, 2.75) is 12.6 Å².